The number of amides is 1. The van der Waals surface area contributed by atoms with Crippen molar-refractivity contribution in [2.75, 3.05) is 7.05 Å². The van der Waals surface area contributed by atoms with E-state index in [0.29, 0.717) is 15.8 Å². The maximum atomic E-state index is 11.6. The third-order valence-corrected chi connectivity index (χ3v) is 2.74. The van der Waals surface area contributed by atoms with E-state index in [-0.39, 0.29) is 12.0 Å². The van der Waals surface area contributed by atoms with Crippen LogP contribution in [0.5, 0.6) is 5.75 Å². The van der Waals surface area contributed by atoms with Crippen LogP contribution in [0.3, 0.4) is 0 Å². The van der Waals surface area contributed by atoms with E-state index in [4.69, 9.17) is 4.74 Å². The Bertz CT molecular complexity index is 391. The molecular weight excluding hydrogens is 260 g/mol. The van der Waals surface area contributed by atoms with Gasteiger partial charge in [0.2, 0.25) is 0 Å². The predicted molar refractivity (Wildman–Crippen MR) is 59.0 cm³/mol. The summed E-state index contributed by atoms with van der Waals surface area (Å²) in [5.41, 5.74) is 0.513. The SMILES string of the molecule is CNC(=O)c1c(Br)cncc1OC1CC1. The first-order valence-electron chi connectivity index (χ1n) is 4.74. The van der Waals surface area contributed by atoms with E-state index in [1.807, 2.05) is 0 Å². The molecule has 0 saturated heterocycles. The van der Waals surface area contributed by atoms with Crippen LogP contribution in [-0.4, -0.2) is 24.0 Å². The van der Waals surface area contributed by atoms with Crippen molar-refractivity contribution in [3.63, 3.8) is 0 Å². The van der Waals surface area contributed by atoms with Crippen molar-refractivity contribution in [2.24, 2.45) is 0 Å². The van der Waals surface area contributed by atoms with Crippen molar-refractivity contribution in [1.82, 2.24) is 10.3 Å². The van der Waals surface area contributed by atoms with E-state index >= 15 is 0 Å². The molecule has 15 heavy (non-hydrogen) atoms. The summed E-state index contributed by atoms with van der Waals surface area (Å²) < 4.78 is 6.26. The third kappa shape index (κ3) is 2.28. The highest BCUT2D eigenvalue weighted by molar-refractivity contribution is 9.10. The van der Waals surface area contributed by atoms with Crippen LogP contribution in [-0.2, 0) is 0 Å². The zero-order valence-corrected chi connectivity index (χ0v) is 9.87. The second-order valence-electron chi connectivity index (χ2n) is 3.39. The number of nitrogens with zero attached hydrogens (tertiary/aromatic N) is 1. The highest BCUT2D eigenvalue weighted by Crippen LogP contribution is 2.31. The standard InChI is InChI=1S/C10H11BrN2O2/c1-12-10(14)9-7(11)4-13-5-8(9)15-6-2-3-6/h4-6H,2-3H2,1H3,(H,12,14). The largest absolute Gasteiger partial charge is 0.488 e. The maximum absolute atomic E-state index is 11.6. The van der Waals surface area contributed by atoms with Gasteiger partial charge in [-0.05, 0) is 28.8 Å². The molecule has 0 spiro atoms. The van der Waals surface area contributed by atoms with Gasteiger partial charge in [-0.3, -0.25) is 9.78 Å². The van der Waals surface area contributed by atoms with Gasteiger partial charge in [0.05, 0.1) is 22.3 Å². The molecular formula is C10H11BrN2O2. The second kappa shape index (κ2) is 4.18. The Labute approximate surface area is 96.2 Å². The Morgan fingerprint density at radius 1 is 1.60 bits per heavy atom. The quantitative estimate of drug-likeness (QED) is 0.911. The smallest absolute Gasteiger partial charge is 0.256 e. The van der Waals surface area contributed by atoms with Gasteiger partial charge in [-0.1, -0.05) is 0 Å². The molecule has 0 atom stereocenters. The van der Waals surface area contributed by atoms with E-state index in [0.717, 1.165) is 12.8 Å². The number of pyridine rings is 1. The minimum Gasteiger partial charge on any atom is -0.488 e. The fourth-order valence-electron chi connectivity index (χ4n) is 1.22. The molecule has 1 heterocycles. The van der Waals surface area contributed by atoms with Crippen molar-refractivity contribution in [2.45, 2.75) is 18.9 Å². The van der Waals surface area contributed by atoms with Gasteiger partial charge in [0.15, 0.2) is 5.75 Å². The molecule has 1 amide bonds. The number of ether oxygens (including phenoxy) is 1. The van der Waals surface area contributed by atoms with E-state index in [1.54, 1.807) is 19.4 Å². The van der Waals surface area contributed by atoms with Crippen LogP contribution in [0.1, 0.15) is 23.2 Å². The molecule has 1 aromatic rings. The lowest BCUT2D eigenvalue weighted by molar-refractivity contribution is 0.0957. The molecule has 1 fully saturated rings. The first kappa shape index (κ1) is 10.4. The number of nitrogens with one attached hydrogen (secondary N) is 1. The Morgan fingerprint density at radius 3 is 2.93 bits per heavy atom. The van der Waals surface area contributed by atoms with Crippen LogP contribution in [0.15, 0.2) is 16.9 Å². The van der Waals surface area contributed by atoms with Gasteiger partial charge in [0.25, 0.3) is 5.91 Å². The molecule has 2 rings (SSSR count). The van der Waals surface area contributed by atoms with Crippen molar-refractivity contribution in [3.8, 4) is 5.75 Å². The van der Waals surface area contributed by atoms with Crippen LogP contribution >= 0.6 is 15.9 Å². The number of hydrogen-bond acceptors (Lipinski definition) is 3. The van der Waals surface area contributed by atoms with Gasteiger partial charge in [0.1, 0.15) is 0 Å². The molecule has 4 nitrogen and oxygen atoms in total. The average Bonchev–Trinajstić information content (AvgIpc) is 3.01. The van der Waals surface area contributed by atoms with Gasteiger partial charge in [-0.15, -0.1) is 0 Å². The van der Waals surface area contributed by atoms with Crippen LogP contribution < -0.4 is 10.1 Å². The van der Waals surface area contributed by atoms with Gasteiger partial charge in [0, 0.05) is 13.2 Å². The summed E-state index contributed by atoms with van der Waals surface area (Å²) in [4.78, 5) is 15.6. The molecule has 1 saturated carbocycles. The molecule has 0 unspecified atom stereocenters. The summed E-state index contributed by atoms with van der Waals surface area (Å²) in [6.45, 7) is 0. The van der Waals surface area contributed by atoms with Gasteiger partial charge < -0.3 is 10.1 Å². The Kier molecular flexibility index (Phi) is 2.90. The van der Waals surface area contributed by atoms with Gasteiger partial charge >= 0.3 is 0 Å². The lowest BCUT2D eigenvalue weighted by Gasteiger charge is -2.10. The predicted octanol–water partition coefficient (Wildman–Crippen LogP) is 1.74. The fourth-order valence-corrected chi connectivity index (χ4v) is 1.71. The van der Waals surface area contributed by atoms with E-state index in [1.165, 1.54) is 0 Å². The zero-order valence-electron chi connectivity index (χ0n) is 8.29. The zero-order chi connectivity index (χ0) is 10.8. The Morgan fingerprint density at radius 2 is 2.33 bits per heavy atom. The van der Waals surface area contributed by atoms with Crippen LogP contribution in [0.2, 0.25) is 0 Å². The monoisotopic (exact) mass is 270 g/mol. The molecule has 0 bridgehead atoms. The first-order chi connectivity index (χ1) is 7.22. The first-order valence-corrected chi connectivity index (χ1v) is 5.54. The number of hydrogen-bond donors (Lipinski definition) is 1. The molecule has 0 radical (unpaired) electrons. The van der Waals surface area contributed by atoms with Crippen molar-refractivity contribution >= 4 is 21.8 Å². The van der Waals surface area contributed by atoms with Gasteiger partial charge in [-0.2, -0.15) is 0 Å². The summed E-state index contributed by atoms with van der Waals surface area (Å²) in [7, 11) is 1.59. The number of halogens is 1. The van der Waals surface area contributed by atoms with Crippen molar-refractivity contribution < 1.29 is 9.53 Å². The normalized spacial score (nSPS) is 14.8. The minimum atomic E-state index is -0.167. The van der Waals surface area contributed by atoms with Crippen LogP contribution in [0.4, 0.5) is 0 Å². The minimum absolute atomic E-state index is 0.167. The Hall–Kier alpha value is -1.10. The van der Waals surface area contributed by atoms with Crippen molar-refractivity contribution in [1.29, 1.82) is 0 Å². The Balaban J connectivity index is 2.33. The topological polar surface area (TPSA) is 51.2 Å². The maximum Gasteiger partial charge on any atom is 0.256 e. The summed E-state index contributed by atoms with van der Waals surface area (Å²) in [6.07, 6.45) is 5.53. The summed E-state index contributed by atoms with van der Waals surface area (Å²) in [6, 6.07) is 0. The molecule has 0 aromatic carbocycles. The summed E-state index contributed by atoms with van der Waals surface area (Å²) >= 11 is 3.30. The molecule has 1 aliphatic rings. The molecule has 1 aliphatic carbocycles. The van der Waals surface area contributed by atoms with Crippen LogP contribution in [0.25, 0.3) is 0 Å². The number of carbonyl (C=O) groups excluding carboxylic acids is 1. The summed E-state index contributed by atoms with van der Waals surface area (Å²) in [5, 5.41) is 2.58. The van der Waals surface area contributed by atoms with Crippen molar-refractivity contribution in [3.05, 3.63) is 22.4 Å². The lowest BCUT2D eigenvalue weighted by Crippen LogP contribution is -2.20. The lowest BCUT2D eigenvalue weighted by atomic mass is 10.2. The number of rotatable bonds is 3. The number of carbonyl (C=O) groups is 1. The molecule has 0 aliphatic heterocycles. The highest BCUT2D eigenvalue weighted by atomic mass is 79.9. The third-order valence-electron chi connectivity index (χ3n) is 2.14. The molecule has 1 N–H and O–H groups in total. The summed E-state index contributed by atoms with van der Waals surface area (Å²) in [5.74, 6) is 0.381. The van der Waals surface area contributed by atoms with E-state index < -0.39 is 0 Å². The highest BCUT2D eigenvalue weighted by Gasteiger charge is 2.26. The fraction of sp³-hybridized carbons (Fsp3) is 0.400. The molecule has 5 heteroatoms. The van der Waals surface area contributed by atoms with Crippen LogP contribution in [0, 0.1) is 0 Å². The van der Waals surface area contributed by atoms with Gasteiger partial charge in [-0.25, -0.2) is 0 Å². The second-order valence-corrected chi connectivity index (χ2v) is 4.25. The molecule has 1 aromatic heterocycles. The molecule has 80 valence electrons. The van der Waals surface area contributed by atoms with E-state index in [2.05, 4.69) is 26.2 Å². The average molecular weight is 271 g/mol. The number of aromatic nitrogens is 1. The van der Waals surface area contributed by atoms with E-state index in [9.17, 15) is 4.79 Å².